The quantitative estimate of drug-likeness (QED) is 0.809. The highest BCUT2D eigenvalue weighted by Gasteiger charge is 2.09. The van der Waals surface area contributed by atoms with Gasteiger partial charge in [-0.2, -0.15) is 0 Å². The summed E-state index contributed by atoms with van der Waals surface area (Å²) in [7, 11) is 0. The van der Waals surface area contributed by atoms with Crippen molar-refractivity contribution in [1.82, 2.24) is 9.88 Å². The van der Waals surface area contributed by atoms with Gasteiger partial charge in [0.05, 0.1) is 5.69 Å². The second-order valence-electron chi connectivity index (χ2n) is 4.40. The van der Waals surface area contributed by atoms with Crippen LogP contribution in [-0.4, -0.2) is 36.1 Å². The molecule has 17 heavy (non-hydrogen) atoms. The maximum atomic E-state index is 5.83. The van der Waals surface area contributed by atoms with Gasteiger partial charge >= 0.3 is 0 Å². The number of piperidine rings is 1. The Morgan fingerprint density at radius 1 is 1.29 bits per heavy atom. The molecular formula is C12H19ClN4. The molecule has 0 unspecified atom stereocenters. The van der Waals surface area contributed by atoms with Crippen LogP contribution in [0.1, 0.15) is 19.3 Å². The van der Waals surface area contributed by atoms with Crippen molar-refractivity contribution in [3.63, 3.8) is 0 Å². The highest BCUT2D eigenvalue weighted by atomic mass is 35.5. The van der Waals surface area contributed by atoms with Gasteiger partial charge in [-0.1, -0.05) is 18.0 Å². The van der Waals surface area contributed by atoms with E-state index in [0.29, 0.717) is 16.7 Å². The van der Waals surface area contributed by atoms with Gasteiger partial charge in [-0.15, -0.1) is 0 Å². The largest absolute Gasteiger partial charge is 0.396 e. The number of hydrogen-bond acceptors (Lipinski definition) is 4. The summed E-state index contributed by atoms with van der Waals surface area (Å²) in [5.41, 5.74) is 6.46. The molecule has 1 aromatic rings. The maximum absolute atomic E-state index is 5.83. The van der Waals surface area contributed by atoms with Gasteiger partial charge in [0, 0.05) is 13.1 Å². The van der Waals surface area contributed by atoms with Crippen molar-refractivity contribution in [2.24, 2.45) is 0 Å². The Hall–Kier alpha value is -1.00. The molecule has 0 saturated carbocycles. The van der Waals surface area contributed by atoms with E-state index in [4.69, 9.17) is 17.3 Å². The summed E-state index contributed by atoms with van der Waals surface area (Å²) < 4.78 is 0. The molecular weight excluding hydrogens is 236 g/mol. The molecule has 3 N–H and O–H groups in total. The average molecular weight is 255 g/mol. The molecule has 0 aromatic carbocycles. The lowest BCUT2D eigenvalue weighted by Crippen LogP contribution is -2.33. The SMILES string of the molecule is Nc1ccc(Cl)nc1NCCN1CCCCC1. The second-order valence-corrected chi connectivity index (χ2v) is 4.79. The number of halogens is 1. The lowest BCUT2D eigenvalue weighted by molar-refractivity contribution is 0.237. The van der Waals surface area contributed by atoms with E-state index in [1.165, 1.54) is 32.4 Å². The highest BCUT2D eigenvalue weighted by molar-refractivity contribution is 6.29. The Bertz CT molecular complexity index is 364. The third-order valence-electron chi connectivity index (χ3n) is 3.06. The van der Waals surface area contributed by atoms with Crippen LogP contribution in [0.3, 0.4) is 0 Å². The molecule has 2 heterocycles. The van der Waals surface area contributed by atoms with Gasteiger partial charge in [0.15, 0.2) is 5.82 Å². The van der Waals surface area contributed by atoms with Gasteiger partial charge in [0.2, 0.25) is 0 Å². The molecule has 94 valence electrons. The number of nitrogens with zero attached hydrogens (tertiary/aromatic N) is 2. The number of aromatic nitrogens is 1. The third kappa shape index (κ3) is 3.75. The van der Waals surface area contributed by atoms with E-state index in [-0.39, 0.29) is 0 Å². The van der Waals surface area contributed by atoms with Gasteiger partial charge < -0.3 is 16.0 Å². The minimum atomic E-state index is 0.472. The predicted molar refractivity (Wildman–Crippen MR) is 72.4 cm³/mol. The lowest BCUT2D eigenvalue weighted by Gasteiger charge is -2.26. The van der Waals surface area contributed by atoms with Gasteiger partial charge in [-0.05, 0) is 38.1 Å². The molecule has 1 aliphatic heterocycles. The van der Waals surface area contributed by atoms with Crippen LogP contribution in [0.4, 0.5) is 11.5 Å². The van der Waals surface area contributed by atoms with E-state index in [0.717, 1.165) is 13.1 Å². The van der Waals surface area contributed by atoms with E-state index in [2.05, 4.69) is 15.2 Å². The van der Waals surface area contributed by atoms with Crippen LogP contribution >= 0.6 is 11.6 Å². The first-order chi connectivity index (χ1) is 8.25. The van der Waals surface area contributed by atoms with Crippen molar-refractivity contribution in [2.45, 2.75) is 19.3 Å². The number of nitrogens with one attached hydrogen (secondary N) is 1. The zero-order valence-electron chi connectivity index (χ0n) is 9.95. The standard InChI is InChI=1S/C12H19ClN4/c13-11-5-4-10(14)12(16-11)15-6-9-17-7-2-1-3-8-17/h4-5H,1-3,6-9,14H2,(H,15,16). The fraction of sp³-hybridized carbons (Fsp3) is 0.583. The van der Waals surface area contributed by atoms with Gasteiger partial charge in [0.25, 0.3) is 0 Å². The second kappa shape index (κ2) is 6.07. The Balaban J connectivity index is 1.79. The van der Waals surface area contributed by atoms with Crippen molar-refractivity contribution in [1.29, 1.82) is 0 Å². The highest BCUT2D eigenvalue weighted by Crippen LogP contribution is 2.18. The minimum Gasteiger partial charge on any atom is -0.396 e. The topological polar surface area (TPSA) is 54.2 Å². The van der Waals surface area contributed by atoms with Crippen molar-refractivity contribution >= 4 is 23.1 Å². The van der Waals surface area contributed by atoms with Crippen LogP contribution in [-0.2, 0) is 0 Å². The summed E-state index contributed by atoms with van der Waals surface area (Å²) in [6.45, 7) is 4.31. The van der Waals surface area contributed by atoms with E-state index < -0.39 is 0 Å². The van der Waals surface area contributed by atoms with Crippen LogP contribution in [0.2, 0.25) is 5.15 Å². The van der Waals surface area contributed by atoms with Crippen molar-refractivity contribution < 1.29 is 0 Å². The average Bonchev–Trinajstić information content (AvgIpc) is 2.35. The molecule has 5 heteroatoms. The van der Waals surface area contributed by atoms with Crippen molar-refractivity contribution in [2.75, 3.05) is 37.2 Å². The molecule has 0 bridgehead atoms. The molecule has 0 radical (unpaired) electrons. The summed E-state index contributed by atoms with van der Waals surface area (Å²) in [6, 6.07) is 3.48. The normalized spacial score (nSPS) is 17.0. The molecule has 0 amide bonds. The molecule has 2 rings (SSSR count). The zero-order chi connectivity index (χ0) is 12.1. The Morgan fingerprint density at radius 2 is 2.06 bits per heavy atom. The maximum Gasteiger partial charge on any atom is 0.151 e. The minimum absolute atomic E-state index is 0.472. The van der Waals surface area contributed by atoms with Crippen LogP contribution < -0.4 is 11.1 Å². The first-order valence-corrected chi connectivity index (χ1v) is 6.52. The first-order valence-electron chi connectivity index (χ1n) is 6.14. The molecule has 1 aromatic heterocycles. The van der Waals surface area contributed by atoms with Crippen molar-refractivity contribution in [3.8, 4) is 0 Å². The van der Waals surface area contributed by atoms with E-state index in [9.17, 15) is 0 Å². The number of anilines is 2. The van der Waals surface area contributed by atoms with Crippen molar-refractivity contribution in [3.05, 3.63) is 17.3 Å². The fourth-order valence-corrected chi connectivity index (χ4v) is 2.25. The van der Waals surface area contributed by atoms with Gasteiger partial charge in [-0.3, -0.25) is 0 Å². The summed E-state index contributed by atoms with van der Waals surface area (Å²) in [4.78, 5) is 6.64. The number of hydrogen-bond donors (Lipinski definition) is 2. The van der Waals surface area contributed by atoms with Crippen LogP contribution in [0, 0.1) is 0 Å². The number of pyridine rings is 1. The summed E-state index contributed by atoms with van der Waals surface area (Å²) in [5, 5.41) is 3.71. The number of nitrogens with two attached hydrogens (primary N) is 1. The predicted octanol–water partition coefficient (Wildman–Crippen LogP) is 2.21. The van der Waals surface area contributed by atoms with E-state index in [1.54, 1.807) is 12.1 Å². The van der Waals surface area contributed by atoms with Crippen LogP contribution in [0.15, 0.2) is 12.1 Å². The van der Waals surface area contributed by atoms with E-state index >= 15 is 0 Å². The van der Waals surface area contributed by atoms with Crippen LogP contribution in [0.25, 0.3) is 0 Å². The molecule has 0 spiro atoms. The number of likely N-dealkylation sites (tertiary alicyclic amines) is 1. The third-order valence-corrected chi connectivity index (χ3v) is 3.27. The summed E-state index contributed by atoms with van der Waals surface area (Å²) in [5.74, 6) is 0.689. The molecule has 1 aliphatic rings. The molecule has 1 fully saturated rings. The summed E-state index contributed by atoms with van der Waals surface area (Å²) in [6.07, 6.45) is 4.00. The molecule has 0 aliphatic carbocycles. The lowest BCUT2D eigenvalue weighted by atomic mass is 10.1. The monoisotopic (exact) mass is 254 g/mol. The van der Waals surface area contributed by atoms with Gasteiger partial charge in [-0.25, -0.2) is 4.98 Å². The molecule has 1 saturated heterocycles. The number of nitrogen functional groups attached to an aromatic ring is 1. The fourth-order valence-electron chi connectivity index (χ4n) is 2.10. The molecule has 0 atom stereocenters. The van der Waals surface area contributed by atoms with Gasteiger partial charge in [0.1, 0.15) is 5.15 Å². The first kappa shape index (κ1) is 12.5. The number of rotatable bonds is 4. The zero-order valence-corrected chi connectivity index (χ0v) is 10.7. The molecule has 4 nitrogen and oxygen atoms in total. The Labute approximate surface area is 107 Å². The smallest absolute Gasteiger partial charge is 0.151 e. The summed E-state index contributed by atoms with van der Waals surface area (Å²) >= 11 is 5.83. The Morgan fingerprint density at radius 3 is 2.82 bits per heavy atom. The Kier molecular flexibility index (Phi) is 4.45. The van der Waals surface area contributed by atoms with Crippen LogP contribution in [0.5, 0.6) is 0 Å². The van der Waals surface area contributed by atoms with E-state index in [1.807, 2.05) is 0 Å².